The van der Waals surface area contributed by atoms with Crippen LogP contribution < -0.4 is 0 Å². The molecule has 0 aliphatic rings. The van der Waals surface area contributed by atoms with Gasteiger partial charge in [0.1, 0.15) is 0 Å². The molecule has 0 saturated carbocycles. The highest BCUT2D eigenvalue weighted by molar-refractivity contribution is 6.17. The Bertz CT molecular complexity index is 424. The van der Waals surface area contributed by atoms with E-state index >= 15 is 0 Å². The number of carbonyl (C=O) groups is 1. The Hall–Kier alpha value is -1.29. The lowest BCUT2D eigenvalue weighted by Gasteiger charge is -2.08. The van der Waals surface area contributed by atoms with Gasteiger partial charge in [-0.25, -0.2) is 0 Å². The van der Waals surface area contributed by atoms with E-state index in [4.69, 9.17) is 11.6 Å². The van der Waals surface area contributed by atoms with Crippen LogP contribution in [0.5, 0.6) is 0 Å². The number of halogens is 4. The molecule has 0 aliphatic heterocycles. The van der Waals surface area contributed by atoms with Gasteiger partial charge >= 0.3 is 6.18 Å². The van der Waals surface area contributed by atoms with E-state index in [1.807, 2.05) is 0 Å². The maximum absolute atomic E-state index is 12.4. The van der Waals surface area contributed by atoms with Crippen molar-refractivity contribution >= 4 is 24.0 Å². The van der Waals surface area contributed by atoms with Crippen molar-refractivity contribution < 1.29 is 18.0 Å². The third-order valence-corrected chi connectivity index (χ3v) is 2.33. The predicted molar refractivity (Wildman–Crippen MR) is 61.2 cm³/mol. The first-order valence-corrected chi connectivity index (χ1v) is 5.41. The summed E-state index contributed by atoms with van der Waals surface area (Å²) in [5.41, 5.74) is -0.349. The molecule has 0 spiro atoms. The fraction of sp³-hybridized carbons (Fsp3) is 0.250. The van der Waals surface area contributed by atoms with Crippen LogP contribution >= 0.6 is 11.6 Å². The van der Waals surface area contributed by atoms with Crippen molar-refractivity contribution in [3.8, 4) is 0 Å². The van der Waals surface area contributed by atoms with Crippen LogP contribution in [0.1, 0.15) is 27.9 Å². The lowest BCUT2D eigenvalue weighted by atomic mass is 10.0. The van der Waals surface area contributed by atoms with Gasteiger partial charge in [-0.05, 0) is 24.1 Å². The molecule has 0 radical (unpaired) electrons. The van der Waals surface area contributed by atoms with Gasteiger partial charge < -0.3 is 0 Å². The van der Waals surface area contributed by atoms with E-state index in [0.29, 0.717) is 24.2 Å². The molecule has 0 heterocycles. The molecule has 0 amide bonds. The second kappa shape index (κ2) is 5.87. The number of rotatable bonds is 4. The summed E-state index contributed by atoms with van der Waals surface area (Å²) < 4.78 is 37.2. The first-order chi connectivity index (χ1) is 7.99. The summed E-state index contributed by atoms with van der Waals surface area (Å²) in [6, 6.07) is 3.07. The zero-order valence-corrected chi connectivity index (χ0v) is 9.55. The molecule has 0 aromatic heterocycles. The smallest absolute Gasteiger partial charge is 0.298 e. The molecule has 1 aromatic carbocycles. The maximum atomic E-state index is 12.4. The number of carbonyl (C=O) groups excluding carboxylic acids is 1. The molecule has 0 N–H and O–H groups in total. The summed E-state index contributed by atoms with van der Waals surface area (Å²) in [6.45, 7) is 0. The van der Waals surface area contributed by atoms with Crippen LogP contribution in [0.3, 0.4) is 0 Å². The van der Waals surface area contributed by atoms with Gasteiger partial charge in [0.25, 0.3) is 0 Å². The quantitative estimate of drug-likeness (QED) is 0.588. The summed E-state index contributed by atoms with van der Waals surface area (Å²) in [5, 5.41) is 0. The van der Waals surface area contributed by atoms with Crippen molar-refractivity contribution in [3.05, 3.63) is 41.0 Å². The number of hydrogen-bond donors (Lipinski definition) is 0. The second-order valence-electron chi connectivity index (χ2n) is 3.34. The van der Waals surface area contributed by atoms with Gasteiger partial charge in [-0.15, -0.1) is 11.6 Å². The van der Waals surface area contributed by atoms with Crippen molar-refractivity contribution in [2.24, 2.45) is 0 Å². The van der Waals surface area contributed by atoms with Gasteiger partial charge in [0.15, 0.2) is 6.29 Å². The van der Waals surface area contributed by atoms with E-state index in [1.54, 1.807) is 12.2 Å². The first kappa shape index (κ1) is 13.8. The standard InChI is InChI=1S/C12H10ClF3O/c13-6-2-1-3-9-4-5-11(12(14,15)16)7-10(9)8-17/h1,3-5,7-8H,2,6H2. The highest BCUT2D eigenvalue weighted by Crippen LogP contribution is 2.30. The minimum atomic E-state index is -4.43. The zero-order chi connectivity index (χ0) is 12.9. The third kappa shape index (κ3) is 3.89. The summed E-state index contributed by atoms with van der Waals surface area (Å²) in [6.07, 6.45) is -0.124. The van der Waals surface area contributed by atoms with Gasteiger partial charge in [-0.2, -0.15) is 13.2 Å². The Morgan fingerprint density at radius 3 is 2.47 bits per heavy atom. The van der Waals surface area contributed by atoms with Crippen LogP contribution in [-0.4, -0.2) is 12.2 Å². The van der Waals surface area contributed by atoms with Crippen LogP contribution in [0.4, 0.5) is 13.2 Å². The van der Waals surface area contributed by atoms with E-state index in [2.05, 4.69) is 0 Å². The molecule has 0 unspecified atom stereocenters. The highest BCUT2D eigenvalue weighted by Gasteiger charge is 2.30. The topological polar surface area (TPSA) is 17.1 Å². The molecule has 0 bridgehead atoms. The van der Waals surface area contributed by atoms with Gasteiger partial charge in [-0.1, -0.05) is 18.2 Å². The molecule has 1 rings (SSSR count). The van der Waals surface area contributed by atoms with Gasteiger partial charge in [0.05, 0.1) is 5.56 Å². The number of hydrogen-bond acceptors (Lipinski definition) is 1. The minimum absolute atomic E-state index is 0.0191. The van der Waals surface area contributed by atoms with Crippen LogP contribution in [0.2, 0.25) is 0 Å². The molecule has 1 nitrogen and oxygen atoms in total. The average Bonchev–Trinajstić information content (AvgIpc) is 2.28. The molecule has 17 heavy (non-hydrogen) atoms. The van der Waals surface area contributed by atoms with E-state index < -0.39 is 11.7 Å². The Morgan fingerprint density at radius 1 is 1.24 bits per heavy atom. The SMILES string of the molecule is O=Cc1cc(C(F)(F)F)ccc1C=CCCCl. The summed E-state index contributed by atoms with van der Waals surface area (Å²) in [5.74, 6) is 0.424. The Kier molecular flexibility index (Phi) is 4.75. The highest BCUT2D eigenvalue weighted by atomic mass is 35.5. The van der Waals surface area contributed by atoms with Gasteiger partial charge in [-0.3, -0.25) is 4.79 Å². The van der Waals surface area contributed by atoms with Crippen molar-refractivity contribution in [2.75, 3.05) is 5.88 Å². The Morgan fingerprint density at radius 2 is 1.94 bits per heavy atom. The second-order valence-corrected chi connectivity index (χ2v) is 3.72. The fourth-order valence-corrected chi connectivity index (χ4v) is 1.40. The fourth-order valence-electron chi connectivity index (χ4n) is 1.28. The lowest BCUT2D eigenvalue weighted by Crippen LogP contribution is -2.05. The average molecular weight is 263 g/mol. The van der Waals surface area contributed by atoms with Crippen molar-refractivity contribution in [2.45, 2.75) is 12.6 Å². The van der Waals surface area contributed by atoms with Crippen molar-refractivity contribution in [1.29, 1.82) is 0 Å². The van der Waals surface area contributed by atoms with Crippen LogP contribution in [-0.2, 0) is 6.18 Å². The number of aldehydes is 1. The molecule has 0 fully saturated rings. The molecular formula is C12H10ClF3O. The normalized spacial score (nSPS) is 12.0. The summed E-state index contributed by atoms with van der Waals surface area (Å²) in [7, 11) is 0. The number of benzene rings is 1. The Balaban J connectivity index is 3.06. The number of allylic oxidation sites excluding steroid dienone is 1. The summed E-state index contributed by atoms with van der Waals surface area (Å²) >= 11 is 5.46. The molecular weight excluding hydrogens is 253 g/mol. The monoisotopic (exact) mass is 262 g/mol. The van der Waals surface area contributed by atoms with E-state index in [-0.39, 0.29) is 5.56 Å². The van der Waals surface area contributed by atoms with Crippen LogP contribution in [0, 0.1) is 0 Å². The number of alkyl halides is 4. The third-order valence-electron chi connectivity index (χ3n) is 2.11. The Labute approximate surface area is 102 Å². The summed E-state index contributed by atoms with van der Waals surface area (Å²) in [4.78, 5) is 10.7. The first-order valence-electron chi connectivity index (χ1n) is 4.88. The van der Waals surface area contributed by atoms with Crippen molar-refractivity contribution in [3.63, 3.8) is 0 Å². The zero-order valence-electron chi connectivity index (χ0n) is 8.80. The van der Waals surface area contributed by atoms with Crippen LogP contribution in [0.15, 0.2) is 24.3 Å². The molecule has 0 saturated heterocycles. The molecule has 0 aliphatic carbocycles. The van der Waals surface area contributed by atoms with Gasteiger partial charge in [0, 0.05) is 11.4 Å². The molecule has 5 heteroatoms. The predicted octanol–water partition coefficient (Wildman–Crippen LogP) is 4.16. The largest absolute Gasteiger partial charge is 0.416 e. The molecule has 0 atom stereocenters. The maximum Gasteiger partial charge on any atom is 0.416 e. The van der Waals surface area contributed by atoms with Crippen molar-refractivity contribution in [1.82, 2.24) is 0 Å². The van der Waals surface area contributed by atoms with E-state index in [1.165, 1.54) is 6.07 Å². The minimum Gasteiger partial charge on any atom is -0.298 e. The molecule has 1 aromatic rings. The van der Waals surface area contributed by atoms with E-state index in [9.17, 15) is 18.0 Å². The van der Waals surface area contributed by atoms with Crippen LogP contribution in [0.25, 0.3) is 6.08 Å². The van der Waals surface area contributed by atoms with E-state index in [0.717, 1.165) is 12.1 Å². The van der Waals surface area contributed by atoms with Gasteiger partial charge in [0.2, 0.25) is 0 Å². The molecule has 92 valence electrons. The lowest BCUT2D eigenvalue weighted by molar-refractivity contribution is -0.137.